The molecule has 466 valence electrons. The van der Waals surface area contributed by atoms with Crippen LogP contribution in [0.4, 0.5) is 0 Å². The SMILES string of the molecule is CCC(Cc1cc(-n2c3ccccc3c3ncccc32)cc(-n2c3ccccc3c3ncccc32)c1)CC(C)Cc1ccc2oc3ccc(-c4ccc5c(c4)-c4ccccc4C5c4cccc(-n5c6ccccc6c6cc(-c7ccc8oc9ccccc9c8c7)ccc65)c4)cc3c2c1. The van der Waals surface area contributed by atoms with Crippen LogP contribution in [0.3, 0.4) is 0 Å². The van der Waals surface area contributed by atoms with E-state index in [0.29, 0.717) is 11.8 Å². The third-order valence-corrected chi connectivity index (χ3v) is 21.4. The summed E-state index contributed by atoms with van der Waals surface area (Å²) in [4.78, 5) is 9.84. The molecule has 0 aliphatic heterocycles. The summed E-state index contributed by atoms with van der Waals surface area (Å²) in [7, 11) is 0. The van der Waals surface area contributed by atoms with Crippen LogP contribution in [0, 0.1) is 11.8 Å². The lowest BCUT2D eigenvalue weighted by atomic mass is 9.85. The molecule has 19 aromatic rings. The topological polar surface area (TPSA) is 66.8 Å². The minimum absolute atomic E-state index is 0.0714. The van der Waals surface area contributed by atoms with Gasteiger partial charge in [-0.3, -0.25) is 9.97 Å². The van der Waals surface area contributed by atoms with Crippen molar-refractivity contribution in [3.8, 4) is 50.4 Å². The molecule has 1 aliphatic carbocycles. The summed E-state index contributed by atoms with van der Waals surface area (Å²) in [6.07, 6.45) is 7.92. The number of pyridine rings is 2. The first-order valence-electron chi connectivity index (χ1n) is 34.5. The number of benzene rings is 12. The molecule has 0 radical (unpaired) electrons. The van der Waals surface area contributed by atoms with E-state index in [1.807, 2.05) is 24.5 Å². The summed E-state index contributed by atoms with van der Waals surface area (Å²) >= 11 is 0. The molecular formula is C91H65N5O2. The molecule has 0 saturated heterocycles. The average Bonchev–Trinajstić information content (AvgIpc) is 1.59. The molecule has 12 aromatic carbocycles. The second kappa shape index (κ2) is 22.3. The van der Waals surface area contributed by atoms with Gasteiger partial charge in [0.15, 0.2) is 0 Å². The van der Waals surface area contributed by atoms with Gasteiger partial charge in [-0.2, -0.15) is 0 Å². The zero-order chi connectivity index (χ0) is 64.7. The van der Waals surface area contributed by atoms with E-state index in [4.69, 9.17) is 18.8 Å². The molecule has 1 aliphatic rings. The second-order valence-corrected chi connectivity index (χ2v) is 27.3. The van der Waals surface area contributed by atoms with E-state index in [-0.39, 0.29) is 5.92 Å². The van der Waals surface area contributed by atoms with Crippen LogP contribution >= 0.6 is 0 Å². The highest BCUT2D eigenvalue weighted by molar-refractivity contribution is 6.13. The van der Waals surface area contributed by atoms with E-state index in [1.54, 1.807) is 0 Å². The molecule has 0 fully saturated rings. The number of hydrogen-bond donors (Lipinski definition) is 0. The molecule has 7 heterocycles. The molecule has 3 unspecified atom stereocenters. The van der Waals surface area contributed by atoms with Gasteiger partial charge in [0.1, 0.15) is 22.3 Å². The second-order valence-electron chi connectivity index (χ2n) is 27.3. The summed E-state index contributed by atoms with van der Waals surface area (Å²) in [5.74, 6) is 0.983. The quantitative estimate of drug-likeness (QED) is 0.115. The van der Waals surface area contributed by atoms with Gasteiger partial charge in [0.05, 0.1) is 44.1 Å². The van der Waals surface area contributed by atoms with Crippen molar-refractivity contribution in [2.45, 2.75) is 45.4 Å². The van der Waals surface area contributed by atoms with Gasteiger partial charge in [-0.25, -0.2) is 0 Å². The third-order valence-electron chi connectivity index (χ3n) is 21.4. The summed E-state index contributed by atoms with van der Waals surface area (Å²) in [6, 6.07) is 103. The van der Waals surface area contributed by atoms with Crippen LogP contribution in [0.1, 0.15) is 60.4 Å². The van der Waals surface area contributed by atoms with Crippen molar-refractivity contribution in [1.82, 2.24) is 23.7 Å². The molecule has 7 aromatic heterocycles. The lowest BCUT2D eigenvalue weighted by Crippen LogP contribution is -2.12. The molecule has 0 amide bonds. The van der Waals surface area contributed by atoms with E-state index in [1.165, 1.54) is 88.4 Å². The highest BCUT2D eigenvalue weighted by atomic mass is 16.3. The highest BCUT2D eigenvalue weighted by Crippen LogP contribution is 2.50. The van der Waals surface area contributed by atoms with Crippen LogP contribution in [0.5, 0.6) is 0 Å². The average molecular weight is 1260 g/mol. The van der Waals surface area contributed by atoms with Crippen molar-refractivity contribution >= 4 is 110 Å². The monoisotopic (exact) mass is 1260 g/mol. The first kappa shape index (κ1) is 56.3. The number of rotatable bonds is 13. The predicted octanol–water partition coefficient (Wildman–Crippen LogP) is 23.9. The standard InChI is InChI=1S/C91H65N5O2/c1-3-56(45-58-46-65(95-80-26-11-7-23-72(80)90-83(95)28-15-41-92-90)54-66(47-58)96-81-27-12-8-24-73(81)91-84(96)29-16-42-93-91)43-55(2)44-57-31-38-86-76(48-57)78-53-62(35-40-88(78)98-86)59-32-36-71-74(50-59)67-19-4-5-22-70(67)89(71)63-17-14-18-64(49-63)94-79-25-10-6-20-68(79)75-51-60(33-37-82(75)94)61-34-39-87-77(52-61)69-21-9-13-30-85(69)97-87/h4-42,46-56,89H,3,43-45H2,1-2H3. The first-order chi connectivity index (χ1) is 48.4. The predicted molar refractivity (Wildman–Crippen MR) is 405 cm³/mol. The molecule has 0 saturated carbocycles. The number of nitrogens with zero attached hydrogens (tertiary/aromatic N) is 5. The van der Waals surface area contributed by atoms with E-state index >= 15 is 0 Å². The highest BCUT2D eigenvalue weighted by Gasteiger charge is 2.31. The van der Waals surface area contributed by atoms with Crippen LogP contribution in [-0.4, -0.2) is 23.7 Å². The maximum atomic E-state index is 6.62. The van der Waals surface area contributed by atoms with Gasteiger partial charge in [-0.1, -0.05) is 166 Å². The van der Waals surface area contributed by atoms with E-state index in [9.17, 15) is 0 Å². The fourth-order valence-electron chi connectivity index (χ4n) is 17.0. The van der Waals surface area contributed by atoms with Crippen LogP contribution in [0.25, 0.3) is 160 Å². The number of fused-ring (bicyclic) bond motifs is 18. The van der Waals surface area contributed by atoms with Crippen molar-refractivity contribution in [3.05, 3.63) is 319 Å². The maximum Gasteiger partial charge on any atom is 0.135 e. The zero-order valence-corrected chi connectivity index (χ0v) is 54.3. The molecule has 7 nitrogen and oxygen atoms in total. The molecule has 3 atom stereocenters. The van der Waals surface area contributed by atoms with Crippen molar-refractivity contribution in [2.24, 2.45) is 11.8 Å². The van der Waals surface area contributed by atoms with E-state index in [0.717, 1.165) is 125 Å². The largest absolute Gasteiger partial charge is 0.456 e. The number of aromatic nitrogens is 5. The summed E-state index contributed by atoms with van der Waals surface area (Å²) in [6.45, 7) is 4.81. The summed E-state index contributed by atoms with van der Waals surface area (Å²) in [5.41, 5.74) is 29.8. The summed E-state index contributed by atoms with van der Waals surface area (Å²) < 4.78 is 20.1. The Hall–Kier alpha value is -12.1. The van der Waals surface area contributed by atoms with Crippen LogP contribution in [-0.2, 0) is 12.8 Å². The van der Waals surface area contributed by atoms with Gasteiger partial charge in [0.25, 0.3) is 0 Å². The molecule has 0 N–H and O–H groups in total. The first-order valence-corrected chi connectivity index (χ1v) is 34.5. The van der Waals surface area contributed by atoms with Crippen LogP contribution in [0.15, 0.2) is 300 Å². The van der Waals surface area contributed by atoms with E-state index < -0.39 is 0 Å². The lowest BCUT2D eigenvalue weighted by Gasteiger charge is -2.22. The number of hydrogen-bond acceptors (Lipinski definition) is 4. The fraction of sp³-hybridized carbons (Fsp3) is 0.0989. The van der Waals surface area contributed by atoms with Crippen LogP contribution in [0.2, 0.25) is 0 Å². The number of para-hydroxylation sites is 4. The van der Waals surface area contributed by atoms with Gasteiger partial charge in [-0.05, 0) is 226 Å². The maximum absolute atomic E-state index is 6.62. The zero-order valence-electron chi connectivity index (χ0n) is 54.3. The summed E-state index contributed by atoms with van der Waals surface area (Å²) in [5, 5.41) is 9.35. The van der Waals surface area contributed by atoms with Gasteiger partial charge in [0.2, 0.25) is 0 Å². The van der Waals surface area contributed by atoms with E-state index in [2.05, 4.69) is 294 Å². The fourth-order valence-corrected chi connectivity index (χ4v) is 17.0. The van der Waals surface area contributed by atoms with Gasteiger partial charge < -0.3 is 22.5 Å². The van der Waals surface area contributed by atoms with Crippen LogP contribution < -0.4 is 0 Å². The Bertz CT molecular complexity index is 6230. The molecule has 7 heteroatoms. The van der Waals surface area contributed by atoms with Crippen molar-refractivity contribution in [1.29, 1.82) is 0 Å². The lowest BCUT2D eigenvalue weighted by molar-refractivity contribution is 0.376. The van der Waals surface area contributed by atoms with Crippen molar-refractivity contribution in [2.75, 3.05) is 0 Å². The Morgan fingerprint density at radius 3 is 1.55 bits per heavy atom. The Morgan fingerprint density at radius 1 is 0.347 bits per heavy atom. The Balaban J connectivity index is 0.594. The van der Waals surface area contributed by atoms with Gasteiger partial charge >= 0.3 is 0 Å². The van der Waals surface area contributed by atoms with Crippen molar-refractivity contribution < 1.29 is 8.83 Å². The Kier molecular flexibility index (Phi) is 12.8. The number of furan rings is 2. The minimum Gasteiger partial charge on any atom is -0.456 e. The molecule has 0 spiro atoms. The Morgan fingerprint density at radius 2 is 0.857 bits per heavy atom. The normalized spacial score (nSPS) is 13.8. The van der Waals surface area contributed by atoms with Gasteiger partial charge in [0, 0.05) is 78.5 Å². The van der Waals surface area contributed by atoms with Gasteiger partial charge in [-0.15, -0.1) is 0 Å². The smallest absolute Gasteiger partial charge is 0.135 e. The molecular weight excluding hydrogens is 1200 g/mol. The molecule has 0 bridgehead atoms. The minimum atomic E-state index is 0.0714. The van der Waals surface area contributed by atoms with Crippen molar-refractivity contribution in [3.63, 3.8) is 0 Å². The third kappa shape index (κ3) is 8.95. The molecule has 98 heavy (non-hydrogen) atoms. The Labute approximate surface area is 565 Å². The molecule has 20 rings (SSSR count).